The molecule has 0 radical (unpaired) electrons. The van der Waals surface area contributed by atoms with Gasteiger partial charge in [-0.2, -0.15) is 0 Å². The third-order valence-electron chi connectivity index (χ3n) is 3.72. The number of nitrogens with zero attached hydrogens (tertiary/aromatic N) is 1. The average Bonchev–Trinajstić information content (AvgIpc) is 2.31. The topological polar surface area (TPSA) is 24.5 Å². The monoisotopic (exact) mass is 242 g/mol. The van der Waals surface area contributed by atoms with Crippen LogP contribution in [0.1, 0.15) is 40.5 Å². The Morgan fingerprint density at radius 1 is 1.24 bits per heavy atom. The zero-order valence-corrected chi connectivity index (χ0v) is 12.0. The maximum Gasteiger partial charge on any atom is 0.0599 e. The molecule has 1 aliphatic rings. The van der Waals surface area contributed by atoms with Crippen LogP contribution in [0.4, 0.5) is 0 Å². The molecule has 0 spiro atoms. The van der Waals surface area contributed by atoms with E-state index in [-0.39, 0.29) is 0 Å². The van der Waals surface area contributed by atoms with Crippen LogP contribution in [0, 0.1) is 5.92 Å². The molecule has 0 bridgehead atoms. The standard InChI is InChI=1S/C14H30N2O/c1-5-15-11-14(12(3)4)16-9-7-13(8-10-16)17-6-2/h12-15H,5-11H2,1-4H3. The molecular weight excluding hydrogens is 212 g/mol. The minimum absolute atomic E-state index is 0.503. The van der Waals surface area contributed by atoms with Crippen LogP contribution in [0.25, 0.3) is 0 Å². The molecule has 1 aliphatic heterocycles. The Kier molecular flexibility index (Phi) is 7.09. The number of piperidine rings is 1. The number of hydrogen-bond acceptors (Lipinski definition) is 3. The summed E-state index contributed by atoms with van der Waals surface area (Å²) >= 11 is 0. The van der Waals surface area contributed by atoms with Crippen molar-refractivity contribution in [3.63, 3.8) is 0 Å². The number of nitrogens with one attached hydrogen (secondary N) is 1. The number of hydrogen-bond donors (Lipinski definition) is 1. The Morgan fingerprint density at radius 3 is 2.35 bits per heavy atom. The predicted octanol–water partition coefficient (Wildman–Crippen LogP) is 2.12. The van der Waals surface area contributed by atoms with Crippen LogP contribution in [-0.2, 0) is 4.74 Å². The number of rotatable bonds is 7. The molecule has 17 heavy (non-hydrogen) atoms. The SMILES string of the molecule is CCNCC(C(C)C)N1CCC(OCC)CC1. The van der Waals surface area contributed by atoms with Crippen LogP contribution < -0.4 is 5.32 Å². The molecule has 0 saturated carbocycles. The third-order valence-corrected chi connectivity index (χ3v) is 3.72. The Bertz CT molecular complexity index is 189. The van der Waals surface area contributed by atoms with E-state index in [4.69, 9.17) is 4.74 Å². The molecule has 0 aliphatic carbocycles. The molecule has 102 valence electrons. The van der Waals surface area contributed by atoms with Crippen molar-refractivity contribution in [3.05, 3.63) is 0 Å². The summed E-state index contributed by atoms with van der Waals surface area (Å²) in [5, 5.41) is 3.49. The second kappa shape index (κ2) is 8.06. The first-order valence-electron chi connectivity index (χ1n) is 7.25. The lowest BCUT2D eigenvalue weighted by atomic mass is 9.98. The normalized spacial score (nSPS) is 21.0. The van der Waals surface area contributed by atoms with Crippen molar-refractivity contribution in [2.45, 2.75) is 52.7 Å². The lowest BCUT2D eigenvalue weighted by Gasteiger charge is -2.39. The van der Waals surface area contributed by atoms with E-state index in [1.165, 1.54) is 25.9 Å². The molecule has 1 saturated heterocycles. The summed E-state index contributed by atoms with van der Waals surface area (Å²) in [6.07, 6.45) is 2.90. The van der Waals surface area contributed by atoms with E-state index in [2.05, 4.69) is 37.9 Å². The molecule has 1 heterocycles. The van der Waals surface area contributed by atoms with Crippen LogP contribution in [0.3, 0.4) is 0 Å². The van der Waals surface area contributed by atoms with Gasteiger partial charge >= 0.3 is 0 Å². The first-order chi connectivity index (χ1) is 8.19. The number of likely N-dealkylation sites (N-methyl/N-ethyl adjacent to an activating group) is 1. The second-order valence-electron chi connectivity index (χ2n) is 5.31. The summed E-state index contributed by atoms with van der Waals surface area (Å²) in [5.74, 6) is 0.720. The molecular formula is C14H30N2O. The zero-order chi connectivity index (χ0) is 12.7. The molecule has 3 nitrogen and oxygen atoms in total. The van der Waals surface area contributed by atoms with Gasteiger partial charge in [0.05, 0.1) is 6.10 Å². The van der Waals surface area contributed by atoms with Crippen molar-refractivity contribution in [3.8, 4) is 0 Å². The average molecular weight is 242 g/mol. The van der Waals surface area contributed by atoms with Gasteiger partial charge in [0.15, 0.2) is 0 Å². The Hall–Kier alpha value is -0.120. The molecule has 0 amide bonds. The zero-order valence-electron chi connectivity index (χ0n) is 12.0. The summed E-state index contributed by atoms with van der Waals surface area (Å²) in [6, 6.07) is 0.678. The molecule has 0 aromatic carbocycles. The van der Waals surface area contributed by atoms with Gasteiger partial charge in [-0.1, -0.05) is 20.8 Å². The van der Waals surface area contributed by atoms with Gasteiger partial charge < -0.3 is 10.1 Å². The van der Waals surface area contributed by atoms with E-state index in [0.29, 0.717) is 12.1 Å². The largest absolute Gasteiger partial charge is 0.378 e. The van der Waals surface area contributed by atoms with Crippen molar-refractivity contribution in [2.75, 3.05) is 32.8 Å². The minimum Gasteiger partial charge on any atom is -0.378 e. The second-order valence-corrected chi connectivity index (χ2v) is 5.31. The van der Waals surface area contributed by atoms with Crippen LogP contribution in [-0.4, -0.2) is 49.8 Å². The summed E-state index contributed by atoms with van der Waals surface area (Å²) in [5.41, 5.74) is 0. The number of likely N-dealkylation sites (tertiary alicyclic amines) is 1. The minimum atomic E-state index is 0.503. The van der Waals surface area contributed by atoms with E-state index >= 15 is 0 Å². The fourth-order valence-electron chi connectivity index (χ4n) is 2.69. The van der Waals surface area contributed by atoms with Crippen LogP contribution in [0.2, 0.25) is 0 Å². The van der Waals surface area contributed by atoms with Gasteiger partial charge in [0.2, 0.25) is 0 Å². The molecule has 1 fully saturated rings. The fraction of sp³-hybridized carbons (Fsp3) is 1.00. The first-order valence-corrected chi connectivity index (χ1v) is 7.25. The van der Waals surface area contributed by atoms with Gasteiger partial charge in [0.25, 0.3) is 0 Å². The van der Waals surface area contributed by atoms with Gasteiger partial charge in [-0.05, 0) is 32.2 Å². The van der Waals surface area contributed by atoms with Crippen molar-refractivity contribution < 1.29 is 4.74 Å². The van der Waals surface area contributed by atoms with Crippen LogP contribution in [0.5, 0.6) is 0 Å². The maximum absolute atomic E-state index is 5.71. The van der Waals surface area contributed by atoms with Gasteiger partial charge in [-0.15, -0.1) is 0 Å². The number of ether oxygens (including phenoxy) is 1. The van der Waals surface area contributed by atoms with Crippen molar-refractivity contribution in [1.82, 2.24) is 10.2 Å². The van der Waals surface area contributed by atoms with E-state index in [0.717, 1.165) is 25.6 Å². The Morgan fingerprint density at radius 2 is 1.88 bits per heavy atom. The summed E-state index contributed by atoms with van der Waals surface area (Å²) in [4.78, 5) is 2.64. The smallest absolute Gasteiger partial charge is 0.0599 e. The van der Waals surface area contributed by atoms with Gasteiger partial charge in [0, 0.05) is 32.3 Å². The van der Waals surface area contributed by atoms with Gasteiger partial charge in [-0.25, -0.2) is 0 Å². The van der Waals surface area contributed by atoms with E-state index < -0.39 is 0 Å². The summed E-state index contributed by atoms with van der Waals surface area (Å²) < 4.78 is 5.71. The summed E-state index contributed by atoms with van der Waals surface area (Å²) in [7, 11) is 0. The molecule has 1 rings (SSSR count). The molecule has 3 heteroatoms. The van der Waals surface area contributed by atoms with Crippen molar-refractivity contribution in [2.24, 2.45) is 5.92 Å². The molecule has 1 unspecified atom stereocenters. The lowest BCUT2D eigenvalue weighted by Crippen LogP contribution is -2.50. The maximum atomic E-state index is 5.71. The van der Waals surface area contributed by atoms with Crippen LogP contribution in [0.15, 0.2) is 0 Å². The van der Waals surface area contributed by atoms with E-state index in [1.807, 2.05) is 0 Å². The Balaban J connectivity index is 2.37. The lowest BCUT2D eigenvalue weighted by molar-refractivity contribution is -0.00149. The molecule has 0 aromatic rings. The molecule has 0 aromatic heterocycles. The highest BCUT2D eigenvalue weighted by Crippen LogP contribution is 2.19. The predicted molar refractivity (Wildman–Crippen MR) is 73.4 cm³/mol. The van der Waals surface area contributed by atoms with Gasteiger partial charge in [0.1, 0.15) is 0 Å². The quantitative estimate of drug-likeness (QED) is 0.740. The summed E-state index contributed by atoms with van der Waals surface area (Å²) in [6.45, 7) is 14.4. The van der Waals surface area contributed by atoms with Gasteiger partial charge in [-0.3, -0.25) is 4.90 Å². The highest BCUT2D eigenvalue weighted by Gasteiger charge is 2.26. The van der Waals surface area contributed by atoms with E-state index in [1.54, 1.807) is 0 Å². The van der Waals surface area contributed by atoms with E-state index in [9.17, 15) is 0 Å². The highest BCUT2D eigenvalue weighted by molar-refractivity contribution is 4.82. The Labute approximate surface area is 107 Å². The highest BCUT2D eigenvalue weighted by atomic mass is 16.5. The van der Waals surface area contributed by atoms with Crippen molar-refractivity contribution >= 4 is 0 Å². The van der Waals surface area contributed by atoms with Crippen molar-refractivity contribution in [1.29, 1.82) is 0 Å². The first kappa shape index (κ1) is 14.9. The van der Waals surface area contributed by atoms with Crippen LogP contribution >= 0.6 is 0 Å². The third kappa shape index (κ3) is 4.94. The molecule has 1 atom stereocenters. The molecule has 1 N–H and O–H groups in total. The fourth-order valence-corrected chi connectivity index (χ4v) is 2.69.